The second-order valence-electron chi connectivity index (χ2n) is 10.6. The van der Waals surface area contributed by atoms with Gasteiger partial charge in [-0.1, -0.05) is 0 Å². The number of nitrogens with zero attached hydrogens (tertiary/aromatic N) is 4. The standard InChI is InChI=1S/C28H32FN7O5/c1-15(2)35-13-19(27(39)36(28(35)40)18-6-4-5-7-18)26(38)32-17-8-9-21(20(29)12-17)41-22-10-11-30-24-23(22)25(34-33-24)31-16(3)14-37/h8-13,15-16,18-19,37H,4-7,14H2,1-3H3,(H2-,30,31,32,33,34,38)/p+1/t16-,19?/m1/s1. The van der Waals surface area contributed by atoms with E-state index >= 15 is 4.39 Å². The Balaban J connectivity index is 1.35. The number of fused-ring (bicyclic) bond motifs is 1. The number of pyridine rings is 1. The summed E-state index contributed by atoms with van der Waals surface area (Å²) >= 11 is 0. The predicted octanol–water partition coefficient (Wildman–Crippen LogP) is 3.63. The van der Waals surface area contributed by atoms with Gasteiger partial charge >= 0.3 is 11.9 Å². The third kappa shape index (κ3) is 5.62. The first-order valence-electron chi connectivity index (χ1n) is 13.7. The van der Waals surface area contributed by atoms with Gasteiger partial charge in [0.25, 0.3) is 0 Å². The second kappa shape index (κ2) is 11.6. The van der Waals surface area contributed by atoms with E-state index in [1.54, 1.807) is 13.0 Å². The zero-order valence-corrected chi connectivity index (χ0v) is 23.1. The quantitative estimate of drug-likeness (QED) is 0.226. The fourth-order valence-electron chi connectivity index (χ4n) is 5.12. The fraction of sp³-hybridized carbons (Fsp3) is 0.429. The number of aliphatic hydroxyl groups is 1. The van der Waals surface area contributed by atoms with Gasteiger partial charge in [0.2, 0.25) is 5.91 Å². The molecule has 1 aromatic carbocycles. The smallest absolute Gasteiger partial charge is 0.453 e. The van der Waals surface area contributed by atoms with Crippen LogP contribution in [-0.4, -0.2) is 78.6 Å². The van der Waals surface area contributed by atoms with Crippen LogP contribution in [-0.2, 0) is 9.59 Å². The van der Waals surface area contributed by atoms with Gasteiger partial charge in [-0.2, -0.15) is 19.4 Å². The molecular formula is C28H33FN7O5+. The number of nitrogens with one attached hydrogen (secondary N) is 3. The van der Waals surface area contributed by atoms with Gasteiger partial charge in [0.05, 0.1) is 18.9 Å². The molecule has 41 heavy (non-hydrogen) atoms. The molecule has 4 amide bonds. The zero-order chi connectivity index (χ0) is 29.3. The molecule has 4 N–H and O–H groups in total. The van der Waals surface area contributed by atoms with Crippen molar-refractivity contribution in [3.05, 3.63) is 36.3 Å². The lowest BCUT2D eigenvalue weighted by Crippen LogP contribution is -2.58. The molecule has 0 spiro atoms. The van der Waals surface area contributed by atoms with Gasteiger partial charge in [0.1, 0.15) is 17.2 Å². The van der Waals surface area contributed by atoms with Crippen LogP contribution in [0.15, 0.2) is 30.5 Å². The van der Waals surface area contributed by atoms with Gasteiger partial charge in [0, 0.05) is 30.1 Å². The molecule has 2 atom stereocenters. The third-order valence-corrected chi connectivity index (χ3v) is 7.27. The monoisotopic (exact) mass is 566 g/mol. The summed E-state index contributed by atoms with van der Waals surface area (Å²) in [4.78, 5) is 45.0. The molecule has 1 unspecified atom stereocenters. The number of aromatic amines is 1. The lowest BCUT2D eigenvalue weighted by Gasteiger charge is -2.28. The van der Waals surface area contributed by atoms with E-state index in [0.29, 0.717) is 29.7 Å². The fourth-order valence-corrected chi connectivity index (χ4v) is 5.12. The van der Waals surface area contributed by atoms with Crippen LogP contribution in [0.5, 0.6) is 11.5 Å². The number of carbonyl (C=O) groups is 3. The van der Waals surface area contributed by atoms with E-state index < -0.39 is 29.6 Å². The van der Waals surface area contributed by atoms with Gasteiger partial charge < -0.3 is 20.5 Å². The third-order valence-electron chi connectivity index (χ3n) is 7.27. The summed E-state index contributed by atoms with van der Waals surface area (Å²) in [6, 6.07) is 4.30. The summed E-state index contributed by atoms with van der Waals surface area (Å²) in [6.45, 7) is 5.27. The van der Waals surface area contributed by atoms with Gasteiger partial charge in [-0.15, -0.1) is 0 Å². The summed E-state index contributed by atoms with van der Waals surface area (Å²) in [6.07, 6.45) is 6.11. The minimum atomic E-state index is -1.23. The highest BCUT2D eigenvalue weighted by Crippen LogP contribution is 2.35. The molecule has 2 aromatic heterocycles. The first-order valence-corrected chi connectivity index (χ1v) is 13.7. The van der Waals surface area contributed by atoms with Gasteiger partial charge in [-0.25, -0.2) is 14.2 Å². The Labute approximate surface area is 235 Å². The minimum Gasteiger partial charge on any atom is -0.453 e. The van der Waals surface area contributed by atoms with E-state index in [1.807, 2.05) is 13.8 Å². The van der Waals surface area contributed by atoms with Gasteiger partial charge in [-0.05, 0) is 58.6 Å². The molecule has 12 nitrogen and oxygen atoms in total. The molecule has 1 fully saturated rings. The Morgan fingerprint density at radius 2 is 1.98 bits per heavy atom. The topological polar surface area (TPSA) is 153 Å². The maximum Gasteiger partial charge on any atom is 0.500 e. The molecule has 3 heterocycles. The summed E-state index contributed by atoms with van der Waals surface area (Å²) in [5.41, 5.74) is 0.539. The van der Waals surface area contributed by atoms with E-state index in [-0.39, 0.29) is 41.9 Å². The van der Waals surface area contributed by atoms with Crippen LogP contribution in [0.3, 0.4) is 0 Å². The molecule has 0 bridgehead atoms. The molecule has 2 aliphatic rings. The number of rotatable bonds is 9. The van der Waals surface area contributed by atoms with Crippen LogP contribution in [0.2, 0.25) is 0 Å². The number of ether oxygens (including phenoxy) is 1. The van der Waals surface area contributed by atoms with Crippen molar-refractivity contribution in [3.8, 4) is 11.5 Å². The van der Waals surface area contributed by atoms with Crippen molar-refractivity contribution in [1.82, 2.24) is 20.1 Å². The Hall–Kier alpha value is -4.39. The number of aliphatic hydroxyl groups excluding tert-OH is 1. The highest BCUT2D eigenvalue weighted by atomic mass is 19.1. The van der Waals surface area contributed by atoms with E-state index in [0.717, 1.165) is 18.9 Å². The van der Waals surface area contributed by atoms with Crippen LogP contribution in [0.4, 0.5) is 20.7 Å². The highest BCUT2D eigenvalue weighted by molar-refractivity contribution is 6.20. The molecule has 216 valence electrons. The molecule has 1 aliphatic carbocycles. The van der Waals surface area contributed by atoms with Crippen LogP contribution >= 0.6 is 0 Å². The first kappa shape index (κ1) is 28.1. The molecule has 13 heteroatoms. The summed E-state index contributed by atoms with van der Waals surface area (Å²) in [5.74, 6) is -2.65. The molecule has 3 aromatic rings. The Kier molecular flexibility index (Phi) is 7.97. The lowest BCUT2D eigenvalue weighted by molar-refractivity contribution is -0.469. The normalized spacial score (nSPS) is 18.6. The van der Waals surface area contributed by atoms with E-state index in [9.17, 15) is 19.5 Å². The largest absolute Gasteiger partial charge is 0.500 e. The van der Waals surface area contributed by atoms with Crippen molar-refractivity contribution >= 4 is 46.6 Å². The predicted molar refractivity (Wildman–Crippen MR) is 149 cm³/mol. The molecule has 1 aliphatic heterocycles. The SMILES string of the molecule is CC(C)[N+]1=CC(C(=O)Nc2ccc(Oc3ccnc4[nH]nc(N[C@H](C)CO)c34)c(F)c2)C(=O)N(C2CCCC2)C1=O. The van der Waals surface area contributed by atoms with E-state index in [1.165, 1.54) is 34.0 Å². The van der Waals surface area contributed by atoms with Gasteiger partial charge in [0.15, 0.2) is 28.9 Å². The van der Waals surface area contributed by atoms with Crippen LogP contribution in [0.1, 0.15) is 46.5 Å². The Morgan fingerprint density at radius 1 is 1.22 bits per heavy atom. The number of aromatic nitrogens is 3. The second-order valence-corrected chi connectivity index (χ2v) is 10.6. The number of hydrogen-bond donors (Lipinski definition) is 4. The number of amides is 4. The van der Waals surface area contributed by atoms with Crippen molar-refractivity contribution in [2.75, 3.05) is 17.2 Å². The van der Waals surface area contributed by atoms with Crippen LogP contribution in [0.25, 0.3) is 11.0 Å². The molecule has 5 rings (SSSR count). The van der Waals surface area contributed by atoms with Crippen molar-refractivity contribution in [1.29, 1.82) is 0 Å². The average Bonchev–Trinajstić information content (AvgIpc) is 3.61. The lowest BCUT2D eigenvalue weighted by atomic mass is 10.0. The summed E-state index contributed by atoms with van der Waals surface area (Å²) in [5, 5.41) is 22.4. The maximum atomic E-state index is 15.2. The number of benzene rings is 1. The summed E-state index contributed by atoms with van der Waals surface area (Å²) < 4.78 is 22.4. The van der Waals surface area contributed by atoms with Crippen molar-refractivity contribution in [3.63, 3.8) is 0 Å². The Morgan fingerprint density at radius 3 is 2.66 bits per heavy atom. The Bertz CT molecular complexity index is 1510. The van der Waals surface area contributed by atoms with Crippen molar-refractivity contribution in [2.24, 2.45) is 5.92 Å². The number of halogens is 1. The van der Waals surface area contributed by atoms with Crippen molar-refractivity contribution in [2.45, 2.75) is 64.6 Å². The molecule has 1 saturated carbocycles. The number of urea groups is 1. The number of imide groups is 1. The molecule has 0 saturated heterocycles. The number of anilines is 2. The number of hydrogen-bond acceptors (Lipinski definition) is 8. The van der Waals surface area contributed by atoms with Crippen LogP contribution in [0, 0.1) is 11.7 Å². The molecule has 0 radical (unpaired) electrons. The van der Waals surface area contributed by atoms with E-state index in [4.69, 9.17) is 4.74 Å². The maximum absolute atomic E-state index is 15.2. The summed E-state index contributed by atoms with van der Waals surface area (Å²) in [7, 11) is 0. The van der Waals surface area contributed by atoms with Gasteiger partial charge in [-0.3, -0.25) is 9.89 Å². The van der Waals surface area contributed by atoms with Crippen molar-refractivity contribution < 1.29 is 33.2 Å². The van der Waals surface area contributed by atoms with E-state index in [2.05, 4.69) is 25.8 Å². The highest BCUT2D eigenvalue weighted by Gasteiger charge is 2.50. The number of H-pyrrole nitrogens is 1. The first-order chi connectivity index (χ1) is 19.7. The molecular weight excluding hydrogens is 533 g/mol. The number of carbonyl (C=O) groups excluding carboxylic acids is 3. The zero-order valence-electron chi connectivity index (χ0n) is 23.1. The van der Waals surface area contributed by atoms with Crippen LogP contribution < -0.4 is 15.4 Å². The average molecular weight is 567 g/mol. The minimum absolute atomic E-state index is 0.109.